The van der Waals surface area contributed by atoms with E-state index in [1.54, 1.807) is 54.6 Å². The number of aromatic carboxylic acids is 3. The molecule has 0 aliphatic heterocycles. The van der Waals surface area contributed by atoms with E-state index in [-0.39, 0.29) is 16.7 Å². The van der Waals surface area contributed by atoms with Crippen molar-refractivity contribution < 1.29 is 50.1 Å². The normalized spacial score (nSPS) is 11.0. The van der Waals surface area contributed by atoms with Crippen molar-refractivity contribution in [3.8, 4) is 0 Å². The number of carboxylic acids is 3. The number of rotatable bonds is 3. The molecule has 0 saturated carbocycles. The van der Waals surface area contributed by atoms with Crippen LogP contribution in [-0.2, 0) is 20.4 Å². The van der Waals surface area contributed by atoms with Crippen LogP contribution in [0.1, 0.15) is 31.1 Å². The van der Waals surface area contributed by atoms with E-state index in [1.807, 2.05) is 0 Å². The van der Waals surface area contributed by atoms with Crippen LogP contribution in [0.5, 0.6) is 0 Å². The zero-order chi connectivity index (χ0) is 24.5. The van der Waals surface area contributed by atoms with Gasteiger partial charge in [0, 0.05) is 0 Å². The molecule has 6 nitrogen and oxygen atoms in total. The Labute approximate surface area is 203 Å². The van der Waals surface area contributed by atoms with Gasteiger partial charge in [0.1, 0.15) is 0 Å². The van der Waals surface area contributed by atoms with Crippen LogP contribution in [0.15, 0.2) is 115 Å². The summed E-state index contributed by atoms with van der Waals surface area (Å²) in [6.07, 6.45) is 8.48. The van der Waals surface area contributed by atoms with Crippen molar-refractivity contribution in [3.63, 3.8) is 0 Å². The maximum atomic E-state index is 10.1. The van der Waals surface area contributed by atoms with Gasteiger partial charge in [-0.25, -0.2) is 0 Å². The molecule has 164 valence electrons. The molecule has 0 bridgehead atoms. The molecule has 33 heavy (non-hydrogen) atoms. The summed E-state index contributed by atoms with van der Waals surface area (Å²) >= 11 is 2.17. The fourth-order valence-corrected chi connectivity index (χ4v) is 2.50. The summed E-state index contributed by atoms with van der Waals surface area (Å²) in [5.74, 6) is -3.39. The molecule has 0 unspecified atom stereocenters. The van der Waals surface area contributed by atoms with E-state index >= 15 is 0 Å². The molecule has 0 atom stereocenters. The summed E-state index contributed by atoms with van der Waals surface area (Å²) in [6, 6.07) is 24.2. The van der Waals surface area contributed by atoms with Crippen LogP contribution in [0.25, 0.3) is 0 Å². The Hall–Kier alpha value is -3.74. The Balaban J connectivity index is 0.000000222. The van der Waals surface area contributed by atoms with Crippen LogP contribution in [0.3, 0.4) is 0 Å². The fourth-order valence-electron chi connectivity index (χ4n) is 2.15. The second-order valence-electron chi connectivity index (χ2n) is 6.26. The summed E-state index contributed by atoms with van der Waals surface area (Å²) in [5.41, 5.74) is 0.660. The van der Waals surface area contributed by atoms with Crippen LogP contribution in [0.2, 0.25) is 4.22 Å². The minimum atomic E-state index is -1.13. The molecule has 0 saturated heterocycles. The van der Waals surface area contributed by atoms with Crippen molar-refractivity contribution in [1.29, 1.82) is 0 Å². The predicted octanol–water partition coefficient (Wildman–Crippen LogP) is 1.60. The number of hydrogen-bond acceptors (Lipinski definition) is 6. The molecule has 0 radical (unpaired) electrons. The van der Waals surface area contributed by atoms with Crippen LogP contribution < -0.4 is 15.3 Å². The van der Waals surface area contributed by atoms with Gasteiger partial charge in [0.25, 0.3) is 0 Å². The first-order valence-corrected chi connectivity index (χ1v) is 10.6. The van der Waals surface area contributed by atoms with Crippen molar-refractivity contribution in [2.75, 3.05) is 0 Å². The molecule has 0 aromatic heterocycles. The number of carboxylic acid groups (broad SMARTS) is 3. The van der Waals surface area contributed by atoms with Crippen molar-refractivity contribution in [1.82, 2.24) is 0 Å². The van der Waals surface area contributed by atoms with Gasteiger partial charge in [-0.05, 0) is 16.7 Å². The van der Waals surface area contributed by atoms with E-state index < -0.39 is 17.9 Å². The molecule has 7 heteroatoms. The van der Waals surface area contributed by atoms with E-state index in [1.165, 1.54) is 36.4 Å². The molecular weight excluding hydrogens is 456 g/mol. The van der Waals surface area contributed by atoms with Crippen molar-refractivity contribution in [2.45, 2.75) is 4.22 Å². The second kappa shape index (κ2) is 16.0. The van der Waals surface area contributed by atoms with Gasteiger partial charge in [-0.1, -0.05) is 91.0 Å². The summed E-state index contributed by atoms with van der Waals surface area (Å²) < 4.78 is 0.685. The van der Waals surface area contributed by atoms with E-state index in [0.29, 0.717) is 4.22 Å². The third-order valence-electron chi connectivity index (χ3n) is 3.78. The van der Waals surface area contributed by atoms with Crippen molar-refractivity contribution >= 4 is 17.9 Å². The molecule has 3 aromatic carbocycles. The molecule has 0 fully saturated rings. The Bertz CT molecular complexity index is 918. The molecule has 0 heterocycles. The summed E-state index contributed by atoms with van der Waals surface area (Å²) in [7, 11) is 0. The second-order valence-corrected chi connectivity index (χ2v) is 7.30. The zero-order valence-electron chi connectivity index (χ0n) is 17.5. The molecular formula is C26H20O6Ti. The van der Waals surface area contributed by atoms with Crippen LogP contribution in [-0.4, -0.2) is 17.9 Å². The molecule has 3 aromatic rings. The minimum absolute atomic E-state index is 0.220. The summed E-state index contributed by atoms with van der Waals surface area (Å²) in [6.45, 7) is 0. The standard InChI is InChI=1S/3C7H6O2.C5H5.Ti/c3*8-7(9)6-4-2-1-3-5-6;1-2-4-5-3-1;/h3*1-5H,(H,8,9);1-5H;/q;;;;+3/p-3. The monoisotopic (exact) mass is 476 g/mol. The molecule has 0 spiro atoms. The van der Waals surface area contributed by atoms with Crippen molar-refractivity contribution in [3.05, 3.63) is 132 Å². The first kappa shape index (κ1) is 27.3. The van der Waals surface area contributed by atoms with Gasteiger partial charge in [-0.3, -0.25) is 0 Å². The van der Waals surface area contributed by atoms with Gasteiger partial charge >= 0.3 is 49.0 Å². The maximum absolute atomic E-state index is 10.1. The molecule has 1 aliphatic carbocycles. The Morgan fingerprint density at radius 3 is 0.879 bits per heavy atom. The fraction of sp³-hybridized carbons (Fsp3) is 0.0385. The average molecular weight is 476 g/mol. The van der Waals surface area contributed by atoms with Gasteiger partial charge in [-0.15, -0.1) is 0 Å². The van der Waals surface area contributed by atoms with E-state index in [9.17, 15) is 29.7 Å². The average Bonchev–Trinajstić information content (AvgIpc) is 3.33. The van der Waals surface area contributed by atoms with Gasteiger partial charge in [0.05, 0.1) is 17.9 Å². The van der Waals surface area contributed by atoms with Gasteiger partial charge < -0.3 is 29.7 Å². The molecule has 1 aliphatic rings. The summed E-state index contributed by atoms with van der Waals surface area (Å²) in [5, 5.41) is 30.3. The van der Waals surface area contributed by atoms with E-state index in [2.05, 4.69) is 44.7 Å². The molecule has 4 rings (SSSR count). The van der Waals surface area contributed by atoms with Crippen LogP contribution in [0.4, 0.5) is 0 Å². The number of benzene rings is 3. The zero-order valence-corrected chi connectivity index (χ0v) is 19.1. The number of carbonyl (C=O) groups excluding carboxylic acids is 3. The first-order chi connectivity index (χ1) is 15.8. The third-order valence-corrected chi connectivity index (χ3v) is 4.38. The third kappa shape index (κ3) is 12.6. The van der Waals surface area contributed by atoms with Gasteiger partial charge in [0.2, 0.25) is 0 Å². The number of hydrogen-bond donors (Lipinski definition) is 0. The van der Waals surface area contributed by atoms with Gasteiger partial charge in [-0.2, -0.15) is 0 Å². The molecule has 0 N–H and O–H groups in total. The van der Waals surface area contributed by atoms with Crippen LogP contribution >= 0.6 is 0 Å². The molecule has 0 amide bonds. The topological polar surface area (TPSA) is 120 Å². The number of allylic oxidation sites excluding steroid dienone is 4. The van der Waals surface area contributed by atoms with Gasteiger partial charge in [0.15, 0.2) is 0 Å². The van der Waals surface area contributed by atoms with Crippen LogP contribution in [0, 0.1) is 0 Å². The van der Waals surface area contributed by atoms with Crippen molar-refractivity contribution in [2.24, 2.45) is 0 Å². The Kier molecular flexibility index (Phi) is 13.2. The predicted molar refractivity (Wildman–Crippen MR) is 114 cm³/mol. The first-order valence-electron chi connectivity index (χ1n) is 9.66. The van der Waals surface area contributed by atoms with E-state index in [0.717, 1.165) is 0 Å². The summed E-state index contributed by atoms with van der Waals surface area (Å²) in [4.78, 5) is 30.3. The number of carbonyl (C=O) groups is 3. The Morgan fingerprint density at radius 1 is 0.515 bits per heavy atom. The Morgan fingerprint density at radius 2 is 0.758 bits per heavy atom. The quantitative estimate of drug-likeness (QED) is 0.530. The SMILES string of the molecule is O=C([O-])c1ccccc1.O=C([O-])c1ccccc1.O=C([O-])c1ccccc1.[Ti+3][CH]1C=CC=C1. The van der Waals surface area contributed by atoms with E-state index in [4.69, 9.17) is 0 Å².